The minimum Gasteiger partial charge on any atom is -0.460 e. The quantitative estimate of drug-likeness (QED) is 0.733. The predicted octanol–water partition coefficient (Wildman–Crippen LogP) is 1.81. The standard InChI is InChI=1S/C12H19N3O2/c1-4-17-12(16)11-14-13-9(3)15(11)7-8(2)10-5-6-10/h8,10H,4-7H2,1-3H3. The maximum absolute atomic E-state index is 11.7. The van der Waals surface area contributed by atoms with Crippen molar-refractivity contribution in [3.8, 4) is 0 Å². The first-order valence-corrected chi connectivity index (χ1v) is 6.20. The maximum atomic E-state index is 11.7. The molecule has 1 aliphatic rings. The Hall–Kier alpha value is -1.39. The van der Waals surface area contributed by atoms with Crippen LogP contribution in [0, 0.1) is 18.8 Å². The van der Waals surface area contributed by atoms with E-state index in [1.807, 2.05) is 11.5 Å². The van der Waals surface area contributed by atoms with Crippen LogP contribution in [0.3, 0.4) is 0 Å². The zero-order valence-electron chi connectivity index (χ0n) is 10.6. The highest BCUT2D eigenvalue weighted by Gasteiger charge is 2.29. The van der Waals surface area contributed by atoms with Crippen molar-refractivity contribution in [2.24, 2.45) is 11.8 Å². The lowest BCUT2D eigenvalue weighted by Gasteiger charge is -2.13. The van der Waals surface area contributed by atoms with Gasteiger partial charge in [-0.1, -0.05) is 6.92 Å². The Labute approximate surface area is 101 Å². The van der Waals surface area contributed by atoms with Crippen LogP contribution in [0.1, 0.15) is 43.1 Å². The van der Waals surface area contributed by atoms with Crippen LogP contribution < -0.4 is 0 Å². The van der Waals surface area contributed by atoms with Crippen LogP contribution in [0.25, 0.3) is 0 Å². The molecule has 1 unspecified atom stereocenters. The highest BCUT2D eigenvalue weighted by atomic mass is 16.5. The smallest absolute Gasteiger partial charge is 0.376 e. The normalized spacial score (nSPS) is 16.9. The molecule has 0 amide bonds. The van der Waals surface area contributed by atoms with Crippen molar-refractivity contribution in [3.05, 3.63) is 11.6 Å². The summed E-state index contributed by atoms with van der Waals surface area (Å²) in [6.45, 7) is 7.04. The van der Waals surface area contributed by atoms with E-state index in [9.17, 15) is 4.79 Å². The molecule has 0 N–H and O–H groups in total. The zero-order valence-corrected chi connectivity index (χ0v) is 10.6. The molecule has 0 bridgehead atoms. The molecule has 0 aromatic carbocycles. The Morgan fingerprint density at radius 3 is 2.82 bits per heavy atom. The van der Waals surface area contributed by atoms with Gasteiger partial charge in [-0.25, -0.2) is 4.79 Å². The van der Waals surface area contributed by atoms with Gasteiger partial charge in [0.2, 0.25) is 5.82 Å². The third kappa shape index (κ3) is 2.65. The summed E-state index contributed by atoms with van der Waals surface area (Å²) in [6.07, 6.45) is 2.61. The molecular weight excluding hydrogens is 218 g/mol. The van der Waals surface area contributed by atoms with Gasteiger partial charge in [-0.05, 0) is 38.5 Å². The van der Waals surface area contributed by atoms with Gasteiger partial charge in [0.25, 0.3) is 0 Å². The monoisotopic (exact) mass is 237 g/mol. The average Bonchev–Trinajstić information content (AvgIpc) is 3.07. The molecule has 17 heavy (non-hydrogen) atoms. The van der Waals surface area contributed by atoms with E-state index in [4.69, 9.17) is 4.74 Å². The van der Waals surface area contributed by atoms with Crippen molar-refractivity contribution in [2.45, 2.75) is 40.2 Å². The molecule has 1 aliphatic carbocycles. The van der Waals surface area contributed by atoms with Crippen LogP contribution >= 0.6 is 0 Å². The minimum atomic E-state index is -0.379. The van der Waals surface area contributed by atoms with Crippen molar-refractivity contribution in [1.29, 1.82) is 0 Å². The van der Waals surface area contributed by atoms with Gasteiger partial charge in [0.15, 0.2) is 0 Å². The number of ether oxygens (including phenoxy) is 1. The summed E-state index contributed by atoms with van der Waals surface area (Å²) in [4.78, 5) is 11.7. The fourth-order valence-electron chi connectivity index (χ4n) is 2.05. The third-order valence-electron chi connectivity index (χ3n) is 3.29. The van der Waals surface area contributed by atoms with Crippen molar-refractivity contribution in [2.75, 3.05) is 6.61 Å². The van der Waals surface area contributed by atoms with Crippen LogP contribution in [0.4, 0.5) is 0 Å². The highest BCUT2D eigenvalue weighted by Crippen LogP contribution is 2.37. The number of carbonyl (C=O) groups is 1. The Balaban J connectivity index is 2.13. The van der Waals surface area contributed by atoms with E-state index >= 15 is 0 Å². The number of aromatic nitrogens is 3. The van der Waals surface area contributed by atoms with E-state index in [0.29, 0.717) is 18.3 Å². The van der Waals surface area contributed by atoms with Crippen LogP contribution in [-0.4, -0.2) is 27.3 Å². The van der Waals surface area contributed by atoms with Crippen LogP contribution in [0.2, 0.25) is 0 Å². The van der Waals surface area contributed by atoms with E-state index in [1.165, 1.54) is 12.8 Å². The Kier molecular flexibility index (Phi) is 3.45. The van der Waals surface area contributed by atoms with Crippen LogP contribution in [0.15, 0.2) is 0 Å². The lowest BCUT2D eigenvalue weighted by atomic mass is 10.1. The van der Waals surface area contributed by atoms with E-state index < -0.39 is 0 Å². The fraction of sp³-hybridized carbons (Fsp3) is 0.750. The molecule has 1 saturated carbocycles. The van der Waals surface area contributed by atoms with Gasteiger partial charge in [0.1, 0.15) is 5.82 Å². The lowest BCUT2D eigenvalue weighted by Crippen LogP contribution is -2.18. The summed E-state index contributed by atoms with van der Waals surface area (Å²) >= 11 is 0. The van der Waals surface area contributed by atoms with Gasteiger partial charge in [0, 0.05) is 6.54 Å². The molecule has 0 radical (unpaired) electrons. The SMILES string of the molecule is CCOC(=O)c1nnc(C)n1CC(C)C1CC1. The van der Waals surface area contributed by atoms with E-state index in [-0.39, 0.29) is 5.97 Å². The zero-order chi connectivity index (χ0) is 12.4. The molecule has 5 heteroatoms. The number of rotatable bonds is 5. The predicted molar refractivity (Wildman–Crippen MR) is 62.6 cm³/mol. The first-order valence-electron chi connectivity index (χ1n) is 6.20. The van der Waals surface area contributed by atoms with Gasteiger partial charge in [-0.3, -0.25) is 0 Å². The molecule has 0 aliphatic heterocycles. The molecule has 1 aromatic rings. The van der Waals surface area contributed by atoms with Crippen molar-refractivity contribution >= 4 is 5.97 Å². The summed E-state index contributed by atoms with van der Waals surface area (Å²) < 4.78 is 6.85. The average molecular weight is 237 g/mol. The van der Waals surface area contributed by atoms with Crippen LogP contribution in [0.5, 0.6) is 0 Å². The second-order valence-electron chi connectivity index (χ2n) is 4.72. The fourth-order valence-corrected chi connectivity index (χ4v) is 2.05. The second kappa shape index (κ2) is 4.85. The second-order valence-corrected chi connectivity index (χ2v) is 4.72. The molecule has 1 heterocycles. The van der Waals surface area contributed by atoms with Crippen LogP contribution in [-0.2, 0) is 11.3 Å². The molecule has 1 atom stereocenters. The molecule has 0 saturated heterocycles. The molecule has 2 rings (SSSR count). The summed E-state index contributed by atoms with van der Waals surface area (Å²) in [5, 5.41) is 7.87. The first kappa shape index (κ1) is 12.1. The summed E-state index contributed by atoms with van der Waals surface area (Å²) in [6, 6.07) is 0. The summed E-state index contributed by atoms with van der Waals surface area (Å²) in [5.41, 5.74) is 0. The molecule has 1 aromatic heterocycles. The number of esters is 1. The highest BCUT2D eigenvalue weighted by molar-refractivity contribution is 5.85. The molecule has 0 spiro atoms. The molecular formula is C12H19N3O2. The van der Waals surface area contributed by atoms with Crippen molar-refractivity contribution < 1.29 is 9.53 Å². The van der Waals surface area contributed by atoms with Gasteiger partial charge >= 0.3 is 5.97 Å². The largest absolute Gasteiger partial charge is 0.460 e. The molecule has 1 fully saturated rings. The maximum Gasteiger partial charge on any atom is 0.376 e. The van der Waals surface area contributed by atoms with Gasteiger partial charge < -0.3 is 9.30 Å². The van der Waals surface area contributed by atoms with Crippen molar-refractivity contribution in [1.82, 2.24) is 14.8 Å². The number of nitrogens with zero attached hydrogens (tertiary/aromatic N) is 3. The Morgan fingerprint density at radius 2 is 2.24 bits per heavy atom. The van der Waals surface area contributed by atoms with Gasteiger partial charge in [-0.2, -0.15) is 0 Å². The van der Waals surface area contributed by atoms with E-state index in [0.717, 1.165) is 18.3 Å². The Morgan fingerprint density at radius 1 is 1.53 bits per heavy atom. The Bertz CT molecular complexity index is 410. The van der Waals surface area contributed by atoms with Crippen molar-refractivity contribution in [3.63, 3.8) is 0 Å². The number of carbonyl (C=O) groups excluding carboxylic acids is 1. The number of hydrogen-bond acceptors (Lipinski definition) is 4. The van der Waals surface area contributed by atoms with E-state index in [2.05, 4.69) is 17.1 Å². The van der Waals surface area contributed by atoms with Gasteiger partial charge in [-0.15, -0.1) is 10.2 Å². The van der Waals surface area contributed by atoms with Gasteiger partial charge in [0.05, 0.1) is 6.61 Å². The number of aryl methyl sites for hydroxylation is 1. The molecule has 5 nitrogen and oxygen atoms in total. The molecule has 94 valence electrons. The lowest BCUT2D eigenvalue weighted by molar-refractivity contribution is 0.0504. The number of hydrogen-bond donors (Lipinski definition) is 0. The summed E-state index contributed by atoms with van der Waals surface area (Å²) in [7, 11) is 0. The third-order valence-corrected chi connectivity index (χ3v) is 3.29. The topological polar surface area (TPSA) is 57.0 Å². The minimum absolute atomic E-state index is 0.330. The summed E-state index contributed by atoms with van der Waals surface area (Å²) in [5.74, 6) is 2.10. The first-order chi connectivity index (χ1) is 8.13. The van der Waals surface area contributed by atoms with E-state index in [1.54, 1.807) is 6.92 Å².